The van der Waals surface area contributed by atoms with Gasteiger partial charge in [0.2, 0.25) is 0 Å². The van der Waals surface area contributed by atoms with Crippen molar-refractivity contribution in [3.05, 3.63) is 52.2 Å². The van der Waals surface area contributed by atoms with Crippen molar-refractivity contribution in [2.45, 2.75) is 20.3 Å². The molecule has 1 aromatic carbocycles. The lowest BCUT2D eigenvalue weighted by Gasteiger charge is -2.04. The fourth-order valence-corrected chi connectivity index (χ4v) is 1.80. The van der Waals surface area contributed by atoms with Crippen molar-refractivity contribution in [1.29, 1.82) is 0 Å². The van der Waals surface area contributed by atoms with Crippen LogP contribution in [0, 0.1) is 11.7 Å². The van der Waals surface area contributed by atoms with Gasteiger partial charge in [-0.25, -0.2) is 9.07 Å². The van der Waals surface area contributed by atoms with Gasteiger partial charge in [-0.15, -0.1) is 0 Å². The maximum absolute atomic E-state index is 13.5. The van der Waals surface area contributed by atoms with E-state index in [-0.39, 0.29) is 11.2 Å². The Balaban J connectivity index is 2.43. The summed E-state index contributed by atoms with van der Waals surface area (Å²) in [5.41, 5.74) is 0.853. The van der Waals surface area contributed by atoms with Crippen molar-refractivity contribution in [1.82, 2.24) is 9.78 Å². The molecule has 0 atom stereocenters. The third-order valence-corrected chi connectivity index (χ3v) is 2.50. The Hall–Kier alpha value is -1.84. The molecular weight excluding hydrogens is 219 g/mol. The Morgan fingerprint density at radius 1 is 1.35 bits per heavy atom. The van der Waals surface area contributed by atoms with Crippen LogP contribution in [0.1, 0.15) is 19.5 Å². The molecule has 0 saturated carbocycles. The normalized spacial score (nSPS) is 11.1. The van der Waals surface area contributed by atoms with Crippen molar-refractivity contribution < 1.29 is 4.39 Å². The highest BCUT2D eigenvalue weighted by molar-refractivity contribution is 5.32. The molecule has 0 bridgehead atoms. The fraction of sp³-hybridized carbons (Fsp3) is 0.308. The highest BCUT2D eigenvalue weighted by atomic mass is 19.1. The summed E-state index contributed by atoms with van der Waals surface area (Å²) in [5.74, 6) is 0.0367. The standard InChI is InChI=1S/C13H15FN2O/c1-9(2)7-10-8-13(17)16(15-10)12-6-4-3-5-11(12)14/h3-6,8-9,15H,7H2,1-2H3. The molecule has 1 aromatic heterocycles. The van der Waals surface area contributed by atoms with Crippen molar-refractivity contribution in [3.63, 3.8) is 0 Å². The van der Waals surface area contributed by atoms with E-state index >= 15 is 0 Å². The van der Waals surface area contributed by atoms with Gasteiger partial charge in [0.05, 0.1) is 0 Å². The van der Waals surface area contributed by atoms with Crippen molar-refractivity contribution in [2.24, 2.45) is 5.92 Å². The molecule has 2 aromatic rings. The van der Waals surface area contributed by atoms with Crippen LogP contribution in [0.25, 0.3) is 5.69 Å². The molecule has 0 saturated heterocycles. The summed E-state index contributed by atoms with van der Waals surface area (Å²) in [4.78, 5) is 11.7. The van der Waals surface area contributed by atoms with E-state index in [0.717, 1.165) is 12.1 Å². The van der Waals surface area contributed by atoms with Crippen LogP contribution < -0.4 is 5.56 Å². The van der Waals surface area contributed by atoms with Gasteiger partial charge in [-0.3, -0.25) is 9.89 Å². The lowest BCUT2D eigenvalue weighted by molar-refractivity contribution is 0.600. The van der Waals surface area contributed by atoms with Crippen LogP contribution in [-0.2, 0) is 6.42 Å². The highest BCUT2D eigenvalue weighted by Crippen LogP contribution is 2.11. The summed E-state index contributed by atoms with van der Waals surface area (Å²) in [5, 5.41) is 2.93. The van der Waals surface area contributed by atoms with Gasteiger partial charge in [0, 0.05) is 11.8 Å². The molecule has 4 heteroatoms. The monoisotopic (exact) mass is 234 g/mol. The lowest BCUT2D eigenvalue weighted by Crippen LogP contribution is -2.14. The van der Waals surface area contributed by atoms with Gasteiger partial charge < -0.3 is 0 Å². The number of aromatic amines is 1. The first-order valence-electron chi connectivity index (χ1n) is 5.64. The average molecular weight is 234 g/mol. The first-order valence-corrected chi connectivity index (χ1v) is 5.64. The summed E-state index contributed by atoms with van der Waals surface area (Å²) < 4.78 is 14.8. The minimum absolute atomic E-state index is 0.231. The van der Waals surface area contributed by atoms with E-state index in [4.69, 9.17) is 0 Å². The number of H-pyrrole nitrogens is 1. The summed E-state index contributed by atoms with van der Waals surface area (Å²) in [6.07, 6.45) is 0.774. The average Bonchev–Trinajstić information content (AvgIpc) is 2.59. The molecule has 0 aliphatic rings. The number of hydrogen-bond acceptors (Lipinski definition) is 1. The van der Waals surface area contributed by atoms with E-state index in [1.54, 1.807) is 18.2 Å². The van der Waals surface area contributed by atoms with Gasteiger partial charge in [-0.2, -0.15) is 0 Å². The summed E-state index contributed by atoms with van der Waals surface area (Å²) >= 11 is 0. The van der Waals surface area contributed by atoms with E-state index in [0.29, 0.717) is 5.92 Å². The second-order valence-electron chi connectivity index (χ2n) is 4.50. The molecule has 17 heavy (non-hydrogen) atoms. The molecule has 1 heterocycles. The lowest BCUT2D eigenvalue weighted by atomic mass is 10.1. The summed E-state index contributed by atoms with van der Waals surface area (Å²) in [7, 11) is 0. The Labute approximate surface area is 98.9 Å². The van der Waals surface area contributed by atoms with Crippen molar-refractivity contribution >= 4 is 0 Å². The topological polar surface area (TPSA) is 37.8 Å². The summed E-state index contributed by atoms with van der Waals surface area (Å²) in [6, 6.07) is 7.74. The second kappa shape index (κ2) is 4.57. The minimum atomic E-state index is -0.410. The van der Waals surface area contributed by atoms with Gasteiger partial charge in [0.1, 0.15) is 11.5 Å². The zero-order valence-electron chi connectivity index (χ0n) is 9.90. The maximum Gasteiger partial charge on any atom is 0.271 e. The number of nitrogens with one attached hydrogen (secondary N) is 1. The zero-order chi connectivity index (χ0) is 12.4. The van der Waals surface area contributed by atoms with Gasteiger partial charge in [-0.1, -0.05) is 26.0 Å². The van der Waals surface area contributed by atoms with Crippen LogP contribution in [0.5, 0.6) is 0 Å². The maximum atomic E-state index is 13.5. The van der Waals surface area contributed by atoms with Crippen molar-refractivity contribution in [2.75, 3.05) is 0 Å². The number of hydrogen-bond donors (Lipinski definition) is 1. The smallest absolute Gasteiger partial charge is 0.271 e. The van der Waals surface area contributed by atoms with Crippen molar-refractivity contribution in [3.8, 4) is 5.69 Å². The fourth-order valence-electron chi connectivity index (χ4n) is 1.80. The van der Waals surface area contributed by atoms with E-state index < -0.39 is 5.82 Å². The Morgan fingerprint density at radius 3 is 2.71 bits per heavy atom. The van der Waals surface area contributed by atoms with Crippen LogP contribution in [0.2, 0.25) is 0 Å². The molecule has 2 rings (SSSR count). The molecule has 90 valence electrons. The predicted molar refractivity (Wildman–Crippen MR) is 64.9 cm³/mol. The van der Waals surface area contributed by atoms with Crippen LogP contribution in [0.15, 0.2) is 35.1 Å². The molecule has 0 aliphatic carbocycles. The number of para-hydroxylation sites is 1. The zero-order valence-corrected chi connectivity index (χ0v) is 9.90. The Bertz CT molecular complexity index is 569. The van der Waals surface area contributed by atoms with Crippen LogP contribution in [0.3, 0.4) is 0 Å². The van der Waals surface area contributed by atoms with E-state index in [1.807, 2.05) is 0 Å². The second-order valence-corrected chi connectivity index (χ2v) is 4.50. The quantitative estimate of drug-likeness (QED) is 0.870. The van der Waals surface area contributed by atoms with E-state index in [1.165, 1.54) is 16.8 Å². The first-order chi connectivity index (χ1) is 8.08. The minimum Gasteiger partial charge on any atom is -0.295 e. The molecule has 3 nitrogen and oxygen atoms in total. The SMILES string of the molecule is CC(C)Cc1cc(=O)n(-c2ccccc2F)[nH]1. The number of rotatable bonds is 3. The molecule has 0 aliphatic heterocycles. The van der Waals surface area contributed by atoms with Gasteiger partial charge >= 0.3 is 0 Å². The molecule has 1 N–H and O–H groups in total. The van der Waals surface area contributed by atoms with Gasteiger partial charge in [0.25, 0.3) is 5.56 Å². The van der Waals surface area contributed by atoms with Crippen LogP contribution in [0.4, 0.5) is 4.39 Å². The Kier molecular flexibility index (Phi) is 3.13. The number of aromatic nitrogens is 2. The molecule has 0 unspecified atom stereocenters. The van der Waals surface area contributed by atoms with Crippen LogP contribution >= 0.6 is 0 Å². The summed E-state index contributed by atoms with van der Waals surface area (Å²) in [6.45, 7) is 4.14. The predicted octanol–water partition coefficient (Wildman–Crippen LogP) is 2.50. The molecule has 0 amide bonds. The highest BCUT2D eigenvalue weighted by Gasteiger charge is 2.09. The van der Waals surface area contributed by atoms with Gasteiger partial charge in [-0.05, 0) is 24.5 Å². The number of nitrogens with zero attached hydrogens (tertiary/aromatic N) is 1. The molecule has 0 spiro atoms. The third kappa shape index (κ3) is 2.46. The molecular formula is C13H15FN2O. The largest absolute Gasteiger partial charge is 0.295 e. The molecule has 0 radical (unpaired) electrons. The third-order valence-electron chi connectivity index (χ3n) is 2.50. The molecule has 0 fully saturated rings. The first kappa shape index (κ1) is 11.6. The number of halogens is 1. The van der Waals surface area contributed by atoms with E-state index in [2.05, 4.69) is 18.9 Å². The van der Waals surface area contributed by atoms with E-state index in [9.17, 15) is 9.18 Å². The number of benzene rings is 1. The van der Waals surface area contributed by atoms with Crippen LogP contribution in [-0.4, -0.2) is 9.78 Å². The Morgan fingerprint density at radius 2 is 2.06 bits per heavy atom. The van der Waals surface area contributed by atoms with Gasteiger partial charge in [0.15, 0.2) is 0 Å².